The van der Waals surface area contributed by atoms with E-state index in [0.29, 0.717) is 18.3 Å². The number of aliphatic hydroxyl groups excluding tert-OH is 1. The Morgan fingerprint density at radius 2 is 2.09 bits per heavy atom. The number of phenols is 1. The van der Waals surface area contributed by atoms with Gasteiger partial charge in [0.25, 0.3) is 0 Å². The van der Waals surface area contributed by atoms with Crippen molar-refractivity contribution in [2.45, 2.75) is 84.2 Å². The molecule has 1 saturated carbocycles. The average Bonchev–Trinajstić information content (AvgIpc) is 3.64. The number of phenolic OH excluding ortho intramolecular Hbond substituents is 1. The second kappa shape index (κ2) is 12.5. The number of aromatic hydroxyl groups is 1. The normalized spacial score (nSPS) is 21.1. The van der Waals surface area contributed by atoms with Crippen molar-refractivity contribution in [1.82, 2.24) is 0 Å². The third-order valence-electron chi connectivity index (χ3n) is 7.77. The zero-order chi connectivity index (χ0) is 24.6. The van der Waals surface area contributed by atoms with Crippen LogP contribution in [0.25, 0.3) is 0 Å². The first-order valence-corrected chi connectivity index (χ1v) is 13.5. The summed E-state index contributed by atoms with van der Waals surface area (Å²) >= 11 is 0. The topological polar surface area (TPSA) is 74.9 Å². The fourth-order valence-electron chi connectivity index (χ4n) is 5.47. The SMILES string of the molecule is CCCCC1[OH+][C-](CCc2ccc(O)c(OCCC3=C[C+]([C@H](C)C4CCCC4)C=N3)c2)C=C1CO. The van der Waals surface area contributed by atoms with Gasteiger partial charge < -0.3 is 19.7 Å². The van der Waals surface area contributed by atoms with Gasteiger partial charge in [0.05, 0.1) is 18.4 Å². The van der Waals surface area contributed by atoms with Gasteiger partial charge in [-0.25, -0.2) is 0 Å². The molecule has 3 aliphatic rings. The predicted molar refractivity (Wildman–Crippen MR) is 141 cm³/mol. The maximum Gasteiger partial charge on any atom is 0.178 e. The Morgan fingerprint density at radius 1 is 1.26 bits per heavy atom. The van der Waals surface area contributed by atoms with Gasteiger partial charge in [0.2, 0.25) is 0 Å². The van der Waals surface area contributed by atoms with Crippen LogP contribution < -0.4 is 4.74 Å². The van der Waals surface area contributed by atoms with Crippen molar-refractivity contribution in [3.8, 4) is 11.5 Å². The van der Waals surface area contributed by atoms with E-state index in [9.17, 15) is 10.2 Å². The van der Waals surface area contributed by atoms with Gasteiger partial charge in [-0.1, -0.05) is 32.3 Å². The molecule has 1 fully saturated rings. The van der Waals surface area contributed by atoms with Crippen molar-refractivity contribution in [1.29, 1.82) is 0 Å². The van der Waals surface area contributed by atoms with Crippen molar-refractivity contribution in [3.05, 3.63) is 59.2 Å². The highest BCUT2D eigenvalue weighted by Crippen LogP contribution is 2.38. The minimum Gasteiger partial charge on any atom is -0.504 e. The zero-order valence-electron chi connectivity index (χ0n) is 21.4. The molecule has 35 heavy (non-hydrogen) atoms. The van der Waals surface area contributed by atoms with E-state index >= 15 is 0 Å². The summed E-state index contributed by atoms with van der Waals surface area (Å²) in [5, 5.41) is 20.0. The molecule has 0 aromatic heterocycles. The Balaban J connectivity index is 1.24. The van der Waals surface area contributed by atoms with E-state index in [0.717, 1.165) is 67.4 Å². The molecule has 2 atom stereocenters. The van der Waals surface area contributed by atoms with E-state index in [1.165, 1.54) is 31.6 Å². The molecular formula is C30H42NO4+. The van der Waals surface area contributed by atoms with E-state index in [2.05, 4.69) is 31.0 Å². The summed E-state index contributed by atoms with van der Waals surface area (Å²) in [5.74, 6) is 3.41. The van der Waals surface area contributed by atoms with Crippen LogP contribution in [0.2, 0.25) is 0 Å². The molecule has 2 aliphatic heterocycles. The Labute approximate surface area is 211 Å². The highest BCUT2D eigenvalue weighted by atomic mass is 16.5. The molecule has 0 radical (unpaired) electrons. The zero-order valence-corrected chi connectivity index (χ0v) is 21.4. The molecule has 1 aromatic rings. The Bertz CT molecular complexity index is 915. The molecule has 4 rings (SSSR count). The summed E-state index contributed by atoms with van der Waals surface area (Å²) < 4.78 is 10.8. The minimum atomic E-state index is 0.0812. The molecule has 1 aliphatic carbocycles. The number of nitrogens with zero attached hydrogens (tertiary/aromatic N) is 1. The largest absolute Gasteiger partial charge is 0.504 e. The molecule has 5 nitrogen and oxygen atoms in total. The van der Waals surface area contributed by atoms with Crippen LogP contribution in [-0.2, 0) is 6.42 Å². The molecular weight excluding hydrogens is 438 g/mol. The Hall–Kier alpha value is -2.37. The first kappa shape index (κ1) is 25.7. The second-order valence-corrected chi connectivity index (χ2v) is 10.3. The number of hydrogen-bond acceptors (Lipinski definition) is 4. The van der Waals surface area contributed by atoms with E-state index in [1.54, 1.807) is 6.07 Å². The van der Waals surface area contributed by atoms with E-state index in [-0.39, 0.29) is 18.5 Å². The maximum absolute atomic E-state index is 10.3. The third-order valence-corrected chi connectivity index (χ3v) is 7.77. The predicted octanol–water partition coefficient (Wildman–Crippen LogP) is 6.01. The number of unbranched alkanes of at least 4 members (excludes halogenated alkanes) is 1. The lowest BCUT2D eigenvalue weighted by Gasteiger charge is -2.19. The van der Waals surface area contributed by atoms with Crippen LogP contribution in [0.15, 0.2) is 46.6 Å². The standard InChI is InChI=1S/C30H41NO4/c1-3-4-9-29-25(20-32)18-27(35-29)12-10-22-11-13-28(33)30(16-22)34-15-14-26-17-24(19-31-26)21(2)23-7-5-6-8-23/h11,13,16-19,21,23,29,32,35H,3-10,12,14-15,20H2,1-2H3/p+1/t21-,29?/m1/s1. The van der Waals surface area contributed by atoms with E-state index in [1.807, 2.05) is 18.3 Å². The summed E-state index contributed by atoms with van der Waals surface area (Å²) in [6.07, 6.45) is 18.5. The van der Waals surface area contributed by atoms with Crippen molar-refractivity contribution in [2.75, 3.05) is 13.2 Å². The van der Waals surface area contributed by atoms with Gasteiger partial charge in [-0.05, 0) is 62.6 Å². The number of allylic oxidation sites excluding steroid dienone is 1. The average molecular weight is 481 g/mol. The summed E-state index contributed by atoms with van der Waals surface area (Å²) in [4.78, 5) is 4.61. The number of aryl methyl sites for hydroxylation is 1. The number of benzene rings is 1. The molecule has 1 aromatic carbocycles. The molecule has 5 heteroatoms. The fourth-order valence-corrected chi connectivity index (χ4v) is 5.47. The first-order valence-electron chi connectivity index (χ1n) is 13.5. The third kappa shape index (κ3) is 6.86. The lowest BCUT2D eigenvalue weighted by atomic mass is 9.82. The van der Waals surface area contributed by atoms with Crippen molar-refractivity contribution < 1.29 is 19.7 Å². The van der Waals surface area contributed by atoms with Gasteiger partial charge in [0, 0.05) is 13.0 Å². The fraction of sp³-hybridized carbons (Fsp3) is 0.567. The van der Waals surface area contributed by atoms with E-state index < -0.39 is 0 Å². The van der Waals surface area contributed by atoms with Crippen molar-refractivity contribution in [2.24, 2.45) is 16.8 Å². The number of rotatable bonds is 13. The number of hydrogen-bond donors (Lipinski definition) is 2. The van der Waals surface area contributed by atoms with Crippen LogP contribution in [0.4, 0.5) is 0 Å². The molecule has 3 N–H and O–H groups in total. The van der Waals surface area contributed by atoms with Crippen molar-refractivity contribution in [3.63, 3.8) is 0 Å². The number of aliphatic hydroxyl groups is 3. The van der Waals surface area contributed by atoms with Gasteiger partial charge >= 0.3 is 0 Å². The lowest BCUT2D eigenvalue weighted by Crippen LogP contribution is -2.17. The van der Waals surface area contributed by atoms with Gasteiger partial charge in [-0.15, -0.1) is 16.6 Å². The summed E-state index contributed by atoms with van der Waals surface area (Å²) in [6, 6.07) is 5.59. The van der Waals surface area contributed by atoms with Gasteiger partial charge in [-0.2, -0.15) is 0 Å². The second-order valence-electron chi connectivity index (χ2n) is 10.3. The molecule has 0 saturated heterocycles. The smallest absolute Gasteiger partial charge is 0.178 e. The van der Waals surface area contributed by atoms with Gasteiger partial charge in [0.15, 0.2) is 17.2 Å². The van der Waals surface area contributed by atoms with Crippen LogP contribution in [0, 0.1) is 23.9 Å². The molecule has 190 valence electrons. The highest BCUT2D eigenvalue weighted by Gasteiger charge is 2.34. The molecule has 0 bridgehead atoms. The maximum atomic E-state index is 10.3. The Morgan fingerprint density at radius 3 is 2.86 bits per heavy atom. The quantitative estimate of drug-likeness (QED) is 0.268. The molecule has 2 heterocycles. The van der Waals surface area contributed by atoms with Crippen LogP contribution in [0.1, 0.15) is 77.2 Å². The lowest BCUT2D eigenvalue weighted by molar-refractivity contribution is -0.0550. The molecule has 1 unspecified atom stereocenters. The summed E-state index contributed by atoms with van der Waals surface area (Å²) in [5.41, 5.74) is 3.20. The van der Waals surface area contributed by atoms with Gasteiger partial charge in [-0.3, -0.25) is 0 Å². The van der Waals surface area contributed by atoms with E-state index in [4.69, 9.17) is 9.47 Å². The van der Waals surface area contributed by atoms with Crippen LogP contribution in [0.5, 0.6) is 11.5 Å². The number of aliphatic imine (C=N–C) groups is 1. The first-order chi connectivity index (χ1) is 17.1. The summed E-state index contributed by atoms with van der Waals surface area (Å²) in [7, 11) is 0. The molecule has 0 spiro atoms. The number of ether oxygens (including phenoxy) is 2. The monoisotopic (exact) mass is 480 g/mol. The van der Waals surface area contributed by atoms with Gasteiger partial charge in [0.1, 0.15) is 30.9 Å². The Kier molecular flexibility index (Phi) is 9.22. The van der Waals surface area contributed by atoms with Crippen molar-refractivity contribution >= 4 is 6.21 Å². The minimum absolute atomic E-state index is 0.0812. The summed E-state index contributed by atoms with van der Waals surface area (Å²) in [6.45, 7) is 5.08. The van der Waals surface area contributed by atoms with Crippen LogP contribution in [0.3, 0.4) is 0 Å². The van der Waals surface area contributed by atoms with Crippen LogP contribution in [-0.4, -0.2) is 40.5 Å². The highest BCUT2D eigenvalue weighted by molar-refractivity contribution is 5.82. The molecule has 0 amide bonds. The van der Waals surface area contributed by atoms with Crippen LogP contribution >= 0.6 is 0 Å².